The summed E-state index contributed by atoms with van der Waals surface area (Å²) in [6, 6.07) is 21.3. The molecule has 2 aromatic carbocycles. The highest BCUT2D eigenvalue weighted by molar-refractivity contribution is 7.09. The maximum atomic E-state index is 12.7. The van der Waals surface area contributed by atoms with E-state index < -0.39 is 0 Å². The van der Waals surface area contributed by atoms with Crippen LogP contribution in [-0.4, -0.2) is 15.5 Å². The molecule has 0 spiro atoms. The first-order chi connectivity index (χ1) is 15.6. The minimum atomic E-state index is 0.0448. The van der Waals surface area contributed by atoms with Gasteiger partial charge in [0.15, 0.2) is 0 Å². The number of carbonyl (C=O) groups excluding carboxylic acids is 1. The summed E-state index contributed by atoms with van der Waals surface area (Å²) in [4.78, 5) is 18.3. The number of nitrogens with one attached hydrogen (secondary N) is 1. The zero-order valence-corrected chi connectivity index (χ0v) is 19.0. The summed E-state index contributed by atoms with van der Waals surface area (Å²) in [5.74, 6) is 0.0448. The number of aromatic nitrogens is 2. The lowest BCUT2D eigenvalue weighted by molar-refractivity contribution is -0.120. The first-order valence-electron chi connectivity index (χ1n) is 10.9. The third-order valence-electron chi connectivity index (χ3n) is 5.80. The van der Waals surface area contributed by atoms with Gasteiger partial charge >= 0.3 is 0 Å². The Morgan fingerprint density at radius 1 is 1.06 bits per heavy atom. The van der Waals surface area contributed by atoms with Crippen LogP contribution in [0, 0.1) is 0 Å². The third kappa shape index (κ3) is 4.04. The van der Waals surface area contributed by atoms with Crippen LogP contribution in [0.2, 0.25) is 0 Å². The van der Waals surface area contributed by atoms with Gasteiger partial charge in [-0.05, 0) is 72.3 Å². The molecule has 0 atom stereocenters. The van der Waals surface area contributed by atoms with Crippen molar-refractivity contribution >= 4 is 39.0 Å². The van der Waals surface area contributed by atoms with E-state index in [9.17, 15) is 4.79 Å². The number of pyridine rings is 1. The Morgan fingerprint density at radius 3 is 2.72 bits per heavy atom. The molecule has 5 heteroatoms. The van der Waals surface area contributed by atoms with Gasteiger partial charge in [-0.1, -0.05) is 24.3 Å². The maximum absolute atomic E-state index is 12.7. The molecule has 0 unspecified atom stereocenters. The fraction of sp³-hybridized carbons (Fsp3) is 0.185. The Labute approximate surface area is 191 Å². The summed E-state index contributed by atoms with van der Waals surface area (Å²) in [7, 11) is 0. The number of hydrogen-bond acceptors (Lipinski definition) is 3. The highest BCUT2D eigenvalue weighted by Crippen LogP contribution is 2.31. The average Bonchev–Trinajstić information content (AvgIpc) is 3.45. The van der Waals surface area contributed by atoms with Crippen molar-refractivity contribution in [2.45, 2.75) is 32.9 Å². The zero-order chi connectivity index (χ0) is 22.1. The molecular formula is C27H25N3OS. The van der Waals surface area contributed by atoms with E-state index in [2.05, 4.69) is 77.4 Å². The van der Waals surface area contributed by atoms with E-state index in [4.69, 9.17) is 0 Å². The average molecular weight is 440 g/mol. The van der Waals surface area contributed by atoms with Gasteiger partial charge in [0, 0.05) is 39.6 Å². The molecule has 160 valence electrons. The Hall–Kier alpha value is -3.44. The molecule has 0 saturated carbocycles. The fourth-order valence-corrected chi connectivity index (χ4v) is 4.81. The monoisotopic (exact) mass is 439 g/mol. The second-order valence-electron chi connectivity index (χ2n) is 8.33. The number of benzene rings is 2. The SMILES string of the molecule is CC(C)n1cc(CC(=O)NCc2cccs2)c2cc(-c3ccc4ncccc4c3)ccc21. The van der Waals surface area contributed by atoms with E-state index in [0.29, 0.717) is 19.0 Å². The molecule has 5 rings (SSSR count). The number of thiophene rings is 1. The quantitative estimate of drug-likeness (QED) is 0.335. The second-order valence-corrected chi connectivity index (χ2v) is 9.36. The molecule has 1 amide bonds. The molecule has 32 heavy (non-hydrogen) atoms. The Balaban J connectivity index is 1.49. The molecule has 0 aliphatic heterocycles. The predicted molar refractivity (Wildman–Crippen MR) is 133 cm³/mol. The predicted octanol–water partition coefficient (Wildman–Crippen LogP) is 6.36. The van der Waals surface area contributed by atoms with Crippen molar-refractivity contribution in [1.82, 2.24) is 14.9 Å². The lowest BCUT2D eigenvalue weighted by Gasteiger charge is -2.10. The van der Waals surface area contributed by atoms with Crippen LogP contribution in [0.1, 0.15) is 30.3 Å². The van der Waals surface area contributed by atoms with Gasteiger partial charge in [-0.25, -0.2) is 0 Å². The van der Waals surface area contributed by atoms with E-state index >= 15 is 0 Å². The van der Waals surface area contributed by atoms with Crippen LogP contribution in [0.3, 0.4) is 0 Å². The lowest BCUT2D eigenvalue weighted by atomic mass is 10.00. The van der Waals surface area contributed by atoms with Crippen molar-refractivity contribution in [3.63, 3.8) is 0 Å². The van der Waals surface area contributed by atoms with Crippen LogP contribution < -0.4 is 5.32 Å². The topological polar surface area (TPSA) is 46.9 Å². The van der Waals surface area contributed by atoms with E-state index in [-0.39, 0.29) is 5.91 Å². The number of fused-ring (bicyclic) bond motifs is 2. The van der Waals surface area contributed by atoms with Gasteiger partial charge in [0.2, 0.25) is 5.91 Å². The second kappa shape index (κ2) is 8.60. The first kappa shape index (κ1) is 20.5. The van der Waals surface area contributed by atoms with Crippen molar-refractivity contribution in [3.05, 3.63) is 88.9 Å². The molecule has 3 heterocycles. The summed E-state index contributed by atoms with van der Waals surface area (Å²) < 4.78 is 2.26. The number of rotatable bonds is 6. The minimum Gasteiger partial charge on any atom is -0.351 e. The third-order valence-corrected chi connectivity index (χ3v) is 6.68. The zero-order valence-electron chi connectivity index (χ0n) is 18.2. The standard InChI is InChI=1S/C27H25N3OS/c1-18(2)30-17-22(15-27(31)29-16-23-6-4-12-32-23)24-14-20(8-10-26(24)30)19-7-9-25-21(13-19)5-3-11-28-25/h3-14,17-18H,15-16H2,1-2H3,(H,29,31). The van der Waals surface area contributed by atoms with Gasteiger partial charge < -0.3 is 9.88 Å². The number of nitrogens with zero attached hydrogens (tertiary/aromatic N) is 2. The van der Waals surface area contributed by atoms with E-state index in [1.165, 1.54) is 0 Å². The molecule has 0 saturated heterocycles. The van der Waals surface area contributed by atoms with Gasteiger partial charge in [0.05, 0.1) is 18.5 Å². The highest BCUT2D eigenvalue weighted by Gasteiger charge is 2.15. The van der Waals surface area contributed by atoms with Gasteiger partial charge in [-0.2, -0.15) is 0 Å². The van der Waals surface area contributed by atoms with Crippen LogP contribution >= 0.6 is 11.3 Å². The van der Waals surface area contributed by atoms with Crippen LogP contribution in [0.5, 0.6) is 0 Å². The van der Waals surface area contributed by atoms with Gasteiger partial charge in [0.25, 0.3) is 0 Å². The van der Waals surface area contributed by atoms with Crippen LogP contribution in [-0.2, 0) is 17.8 Å². The normalized spacial score (nSPS) is 11.5. The molecule has 0 fully saturated rings. The summed E-state index contributed by atoms with van der Waals surface area (Å²) >= 11 is 1.66. The Bertz CT molecular complexity index is 1400. The van der Waals surface area contributed by atoms with Crippen molar-refractivity contribution in [1.29, 1.82) is 0 Å². The molecule has 1 N–H and O–H groups in total. The van der Waals surface area contributed by atoms with E-state index in [0.717, 1.165) is 43.4 Å². The largest absolute Gasteiger partial charge is 0.351 e. The van der Waals surface area contributed by atoms with Gasteiger partial charge in [0.1, 0.15) is 0 Å². The molecule has 0 aliphatic carbocycles. The van der Waals surface area contributed by atoms with Crippen molar-refractivity contribution in [2.24, 2.45) is 0 Å². The van der Waals surface area contributed by atoms with Crippen LogP contribution in [0.4, 0.5) is 0 Å². The molecular weight excluding hydrogens is 414 g/mol. The molecule has 0 bridgehead atoms. The molecule has 0 radical (unpaired) electrons. The van der Waals surface area contributed by atoms with E-state index in [1.54, 1.807) is 11.3 Å². The first-order valence-corrected chi connectivity index (χ1v) is 11.7. The molecule has 4 nitrogen and oxygen atoms in total. The molecule has 3 aromatic heterocycles. The summed E-state index contributed by atoms with van der Waals surface area (Å²) in [5, 5.41) is 7.34. The van der Waals surface area contributed by atoms with Gasteiger partial charge in [-0.3, -0.25) is 9.78 Å². The van der Waals surface area contributed by atoms with Crippen molar-refractivity contribution < 1.29 is 4.79 Å². The van der Waals surface area contributed by atoms with E-state index in [1.807, 2.05) is 29.8 Å². The minimum absolute atomic E-state index is 0.0448. The number of amides is 1. The van der Waals surface area contributed by atoms with Crippen molar-refractivity contribution in [3.8, 4) is 11.1 Å². The highest BCUT2D eigenvalue weighted by atomic mass is 32.1. The summed E-state index contributed by atoms with van der Waals surface area (Å²) in [6.45, 7) is 4.92. The van der Waals surface area contributed by atoms with Gasteiger partial charge in [-0.15, -0.1) is 11.3 Å². The lowest BCUT2D eigenvalue weighted by Crippen LogP contribution is -2.24. The smallest absolute Gasteiger partial charge is 0.224 e. The Kier molecular flexibility index (Phi) is 5.50. The maximum Gasteiger partial charge on any atom is 0.224 e. The fourth-order valence-electron chi connectivity index (χ4n) is 4.16. The Morgan fingerprint density at radius 2 is 1.91 bits per heavy atom. The molecule has 5 aromatic rings. The number of carbonyl (C=O) groups is 1. The molecule has 0 aliphatic rings. The van der Waals surface area contributed by atoms with Crippen LogP contribution in [0.25, 0.3) is 32.9 Å². The van der Waals surface area contributed by atoms with Crippen molar-refractivity contribution in [2.75, 3.05) is 0 Å². The summed E-state index contributed by atoms with van der Waals surface area (Å²) in [6.07, 6.45) is 4.32. The number of hydrogen-bond donors (Lipinski definition) is 1. The summed E-state index contributed by atoms with van der Waals surface area (Å²) in [5.41, 5.74) is 5.50. The van der Waals surface area contributed by atoms with Crippen LogP contribution in [0.15, 0.2) is 78.4 Å².